The Morgan fingerprint density at radius 1 is 1.27 bits per heavy atom. The molecule has 1 N–H and O–H groups in total. The van der Waals surface area contributed by atoms with Crippen LogP contribution in [-0.4, -0.2) is 17.9 Å². The summed E-state index contributed by atoms with van der Waals surface area (Å²) in [5.41, 5.74) is 0. The smallest absolute Gasteiger partial charge is 0.392 e. The third-order valence-corrected chi connectivity index (χ3v) is 2.31. The molecule has 0 saturated heterocycles. The molecule has 1 nitrogen and oxygen atoms in total. The van der Waals surface area contributed by atoms with Gasteiger partial charge in [-0.2, -0.15) is 13.2 Å². The van der Waals surface area contributed by atoms with Crippen molar-refractivity contribution in [3.63, 3.8) is 0 Å². The van der Waals surface area contributed by atoms with Crippen molar-refractivity contribution < 1.29 is 18.3 Å². The molecule has 1 aliphatic rings. The van der Waals surface area contributed by atoms with E-state index in [-0.39, 0.29) is 13.0 Å². The molecule has 66 valence electrons. The number of hydrogen-bond acceptors (Lipinski definition) is 1. The van der Waals surface area contributed by atoms with E-state index in [1.54, 1.807) is 0 Å². The average Bonchev–Trinajstić information content (AvgIpc) is 2.31. The van der Waals surface area contributed by atoms with Crippen LogP contribution in [0.4, 0.5) is 13.2 Å². The molecule has 0 heterocycles. The Morgan fingerprint density at radius 3 is 2.27 bits per heavy atom. The summed E-state index contributed by atoms with van der Waals surface area (Å²) in [6, 6.07) is 0. The molecule has 0 aromatic rings. The Kier molecular flexibility index (Phi) is 2.42. The van der Waals surface area contributed by atoms with Gasteiger partial charge in [0, 0.05) is 6.61 Å². The molecule has 1 fully saturated rings. The molecule has 0 unspecified atom stereocenters. The third-order valence-electron chi connectivity index (χ3n) is 2.31. The molecule has 0 bridgehead atoms. The summed E-state index contributed by atoms with van der Waals surface area (Å²) in [5.74, 6) is -1.80. The van der Waals surface area contributed by atoms with Crippen LogP contribution in [0.25, 0.3) is 0 Å². The van der Waals surface area contributed by atoms with Crippen LogP contribution in [0, 0.1) is 11.8 Å². The summed E-state index contributed by atoms with van der Waals surface area (Å²) in [7, 11) is 0. The van der Waals surface area contributed by atoms with Gasteiger partial charge in [0.1, 0.15) is 0 Å². The largest absolute Gasteiger partial charge is 0.396 e. The van der Waals surface area contributed by atoms with E-state index < -0.39 is 18.0 Å². The lowest BCUT2D eigenvalue weighted by molar-refractivity contribution is -0.186. The van der Waals surface area contributed by atoms with E-state index in [4.69, 9.17) is 5.11 Å². The van der Waals surface area contributed by atoms with Crippen LogP contribution in [-0.2, 0) is 0 Å². The lowest BCUT2D eigenvalue weighted by Crippen LogP contribution is -2.27. The summed E-state index contributed by atoms with van der Waals surface area (Å²) >= 11 is 0. The number of rotatable bonds is 1. The summed E-state index contributed by atoms with van der Waals surface area (Å²) in [6.07, 6.45) is -2.81. The normalized spacial score (nSPS) is 32.7. The molecule has 1 rings (SSSR count). The van der Waals surface area contributed by atoms with Crippen LogP contribution < -0.4 is 0 Å². The van der Waals surface area contributed by atoms with Gasteiger partial charge in [-0.25, -0.2) is 0 Å². The lowest BCUT2D eigenvalue weighted by Gasteiger charge is -2.19. The van der Waals surface area contributed by atoms with Crippen molar-refractivity contribution in [3.05, 3.63) is 0 Å². The standard InChI is InChI=1S/C7H11F3O/c8-7(9,10)6-3-1-2-5(6)4-11/h5-6,11H,1-4H2/t5-,6+/m0/s1. The zero-order chi connectivity index (χ0) is 8.48. The van der Waals surface area contributed by atoms with E-state index in [1.165, 1.54) is 0 Å². The first-order chi connectivity index (χ1) is 5.05. The highest BCUT2D eigenvalue weighted by molar-refractivity contribution is 4.81. The van der Waals surface area contributed by atoms with Crippen LogP contribution in [0.15, 0.2) is 0 Å². The van der Waals surface area contributed by atoms with Crippen molar-refractivity contribution in [2.24, 2.45) is 11.8 Å². The first-order valence-corrected chi connectivity index (χ1v) is 3.73. The number of aliphatic hydroxyl groups excluding tert-OH is 1. The number of alkyl halides is 3. The lowest BCUT2D eigenvalue weighted by atomic mass is 9.97. The van der Waals surface area contributed by atoms with E-state index in [2.05, 4.69) is 0 Å². The monoisotopic (exact) mass is 168 g/mol. The quantitative estimate of drug-likeness (QED) is 0.634. The highest BCUT2D eigenvalue weighted by Gasteiger charge is 2.46. The molecule has 0 aliphatic heterocycles. The van der Waals surface area contributed by atoms with Crippen LogP contribution in [0.3, 0.4) is 0 Å². The molecule has 0 aromatic carbocycles. The minimum Gasteiger partial charge on any atom is -0.396 e. The molecule has 1 aliphatic carbocycles. The number of hydrogen-bond donors (Lipinski definition) is 1. The minimum atomic E-state index is -4.11. The van der Waals surface area contributed by atoms with Gasteiger partial charge in [0.15, 0.2) is 0 Å². The van der Waals surface area contributed by atoms with Gasteiger partial charge in [-0.15, -0.1) is 0 Å². The fourth-order valence-electron chi connectivity index (χ4n) is 1.69. The van der Waals surface area contributed by atoms with E-state index in [1.807, 2.05) is 0 Å². The number of halogens is 3. The van der Waals surface area contributed by atoms with Crippen LogP contribution in [0.1, 0.15) is 19.3 Å². The Labute approximate surface area is 63.2 Å². The maximum Gasteiger partial charge on any atom is 0.392 e. The second-order valence-electron chi connectivity index (χ2n) is 3.02. The number of aliphatic hydroxyl groups is 1. The predicted molar refractivity (Wildman–Crippen MR) is 34.0 cm³/mol. The highest BCUT2D eigenvalue weighted by Crippen LogP contribution is 2.42. The SMILES string of the molecule is OC[C@@H]1CCC[C@H]1C(F)(F)F. The van der Waals surface area contributed by atoms with Crippen molar-refractivity contribution >= 4 is 0 Å². The van der Waals surface area contributed by atoms with Crippen molar-refractivity contribution in [1.82, 2.24) is 0 Å². The van der Waals surface area contributed by atoms with Crippen molar-refractivity contribution in [3.8, 4) is 0 Å². The molecule has 0 radical (unpaired) electrons. The maximum absolute atomic E-state index is 12.1. The fourth-order valence-corrected chi connectivity index (χ4v) is 1.69. The molecule has 0 spiro atoms. The molecule has 11 heavy (non-hydrogen) atoms. The van der Waals surface area contributed by atoms with Gasteiger partial charge in [-0.1, -0.05) is 6.42 Å². The fraction of sp³-hybridized carbons (Fsp3) is 1.00. The van der Waals surface area contributed by atoms with Crippen LogP contribution in [0.2, 0.25) is 0 Å². The average molecular weight is 168 g/mol. The van der Waals surface area contributed by atoms with E-state index in [0.29, 0.717) is 12.8 Å². The van der Waals surface area contributed by atoms with Crippen molar-refractivity contribution in [2.45, 2.75) is 25.4 Å². The van der Waals surface area contributed by atoms with E-state index in [0.717, 1.165) is 0 Å². The summed E-state index contributed by atoms with van der Waals surface area (Å²) in [6.45, 7) is -0.329. The Bertz CT molecular complexity index is 132. The molecule has 0 amide bonds. The summed E-state index contributed by atoms with van der Waals surface area (Å²) in [5, 5.41) is 8.60. The van der Waals surface area contributed by atoms with Gasteiger partial charge in [-0.05, 0) is 18.8 Å². The van der Waals surface area contributed by atoms with E-state index in [9.17, 15) is 13.2 Å². The van der Waals surface area contributed by atoms with Gasteiger partial charge < -0.3 is 5.11 Å². The zero-order valence-corrected chi connectivity index (χ0v) is 6.06. The van der Waals surface area contributed by atoms with E-state index >= 15 is 0 Å². The summed E-state index contributed by atoms with van der Waals surface area (Å²) in [4.78, 5) is 0. The predicted octanol–water partition coefficient (Wildman–Crippen LogP) is 1.96. The minimum absolute atomic E-state index is 0.189. The maximum atomic E-state index is 12.1. The van der Waals surface area contributed by atoms with Crippen molar-refractivity contribution in [2.75, 3.05) is 6.61 Å². The van der Waals surface area contributed by atoms with Gasteiger partial charge in [0.25, 0.3) is 0 Å². The molecular weight excluding hydrogens is 157 g/mol. The van der Waals surface area contributed by atoms with Gasteiger partial charge in [0.2, 0.25) is 0 Å². The molecule has 2 atom stereocenters. The second kappa shape index (κ2) is 3.01. The van der Waals surface area contributed by atoms with Gasteiger partial charge in [0.05, 0.1) is 5.92 Å². The zero-order valence-electron chi connectivity index (χ0n) is 6.06. The molecular formula is C7H11F3O. The Balaban J connectivity index is 2.57. The Hall–Kier alpha value is -0.250. The van der Waals surface area contributed by atoms with Crippen molar-refractivity contribution in [1.29, 1.82) is 0 Å². The van der Waals surface area contributed by atoms with Gasteiger partial charge >= 0.3 is 6.18 Å². The Morgan fingerprint density at radius 2 is 1.91 bits per heavy atom. The topological polar surface area (TPSA) is 20.2 Å². The molecule has 4 heteroatoms. The molecule has 0 aromatic heterocycles. The van der Waals surface area contributed by atoms with Crippen LogP contribution >= 0.6 is 0 Å². The molecule has 1 saturated carbocycles. The van der Waals surface area contributed by atoms with Crippen LogP contribution in [0.5, 0.6) is 0 Å². The first-order valence-electron chi connectivity index (χ1n) is 3.73. The third kappa shape index (κ3) is 1.86. The first kappa shape index (κ1) is 8.84. The van der Waals surface area contributed by atoms with Gasteiger partial charge in [-0.3, -0.25) is 0 Å². The second-order valence-corrected chi connectivity index (χ2v) is 3.02. The highest BCUT2D eigenvalue weighted by atomic mass is 19.4. The summed E-state index contributed by atoms with van der Waals surface area (Å²) < 4.78 is 36.3.